The zero-order valence-corrected chi connectivity index (χ0v) is 15.5. The fourth-order valence-electron chi connectivity index (χ4n) is 5.11. The first-order chi connectivity index (χ1) is 13.8. The van der Waals surface area contributed by atoms with E-state index in [1.54, 1.807) is 6.26 Å². The fraction of sp³-hybridized carbons (Fsp3) is 0.0833. The summed E-state index contributed by atoms with van der Waals surface area (Å²) in [5.41, 5.74) is 7.96. The van der Waals surface area contributed by atoms with Crippen LogP contribution in [0.1, 0.15) is 5.56 Å². The topological polar surface area (TPSA) is 34.3 Å². The van der Waals surface area contributed by atoms with Crippen LogP contribution in [0.2, 0.25) is 0 Å². The van der Waals surface area contributed by atoms with E-state index in [-0.39, 0.29) is 0 Å². The van der Waals surface area contributed by atoms with Crippen molar-refractivity contribution >= 4 is 60.1 Å². The van der Waals surface area contributed by atoms with E-state index in [2.05, 4.69) is 71.5 Å². The Morgan fingerprint density at radius 2 is 1.71 bits per heavy atom. The number of furan rings is 1. The Hall–Kier alpha value is -3.66. The SMILES string of the molecule is Cc1c2occc2c2cccc3c2c1c1c2c(nc[n+]1C)c1ccccc1n32. The largest absolute Gasteiger partial charge is 0.464 e. The van der Waals surface area contributed by atoms with E-state index in [9.17, 15) is 0 Å². The number of para-hydroxylation sites is 1. The summed E-state index contributed by atoms with van der Waals surface area (Å²) in [5, 5.41) is 6.12. The Morgan fingerprint density at radius 3 is 2.64 bits per heavy atom. The van der Waals surface area contributed by atoms with E-state index in [1.807, 2.05) is 6.33 Å². The number of aryl methyl sites for hydroxylation is 2. The lowest BCUT2D eigenvalue weighted by Gasteiger charge is -2.14. The van der Waals surface area contributed by atoms with Gasteiger partial charge in [0.25, 0.3) is 6.33 Å². The summed E-state index contributed by atoms with van der Waals surface area (Å²) in [4.78, 5) is 4.81. The summed E-state index contributed by atoms with van der Waals surface area (Å²) in [6.07, 6.45) is 3.73. The molecule has 0 aliphatic heterocycles. The molecular weight excluding hydrogens is 346 g/mol. The van der Waals surface area contributed by atoms with Crippen molar-refractivity contribution in [3.63, 3.8) is 0 Å². The predicted molar refractivity (Wildman–Crippen MR) is 112 cm³/mol. The molecule has 0 saturated carbocycles. The van der Waals surface area contributed by atoms with Gasteiger partial charge in [0.15, 0.2) is 5.52 Å². The Labute approximate surface area is 159 Å². The number of nitrogens with zero attached hydrogens (tertiary/aromatic N) is 3. The minimum atomic E-state index is 0.967. The average molecular weight is 362 g/mol. The molecule has 0 radical (unpaired) electrons. The van der Waals surface area contributed by atoms with E-state index in [0.29, 0.717) is 0 Å². The van der Waals surface area contributed by atoms with Crippen LogP contribution in [0.5, 0.6) is 0 Å². The number of hydrogen-bond acceptors (Lipinski definition) is 2. The zero-order valence-electron chi connectivity index (χ0n) is 15.5. The maximum Gasteiger partial charge on any atom is 0.287 e. The van der Waals surface area contributed by atoms with Gasteiger partial charge in [-0.1, -0.05) is 24.3 Å². The molecule has 0 fully saturated rings. The summed E-state index contributed by atoms with van der Waals surface area (Å²) >= 11 is 0. The lowest BCUT2D eigenvalue weighted by molar-refractivity contribution is -0.647. The lowest BCUT2D eigenvalue weighted by atomic mass is 9.95. The number of benzene rings is 3. The maximum absolute atomic E-state index is 5.91. The molecule has 4 heteroatoms. The van der Waals surface area contributed by atoms with Crippen LogP contribution in [0.3, 0.4) is 0 Å². The van der Waals surface area contributed by atoms with Crippen LogP contribution in [0.4, 0.5) is 0 Å². The summed E-state index contributed by atoms with van der Waals surface area (Å²) < 4.78 is 10.4. The van der Waals surface area contributed by atoms with Crippen LogP contribution >= 0.6 is 0 Å². The van der Waals surface area contributed by atoms with Crippen LogP contribution < -0.4 is 4.57 Å². The van der Waals surface area contributed by atoms with Crippen molar-refractivity contribution in [1.82, 2.24) is 9.38 Å². The molecule has 3 aromatic carbocycles. The van der Waals surface area contributed by atoms with Crippen LogP contribution in [0.15, 0.2) is 65.5 Å². The maximum atomic E-state index is 5.91. The third-order valence-corrected chi connectivity index (χ3v) is 6.23. The van der Waals surface area contributed by atoms with Gasteiger partial charge in [0.05, 0.1) is 29.7 Å². The molecule has 4 nitrogen and oxygen atoms in total. The Kier molecular flexibility index (Phi) is 2.36. The highest BCUT2D eigenvalue weighted by Crippen LogP contribution is 2.42. The molecule has 0 aliphatic carbocycles. The van der Waals surface area contributed by atoms with Crippen molar-refractivity contribution in [3.8, 4) is 0 Å². The highest BCUT2D eigenvalue weighted by atomic mass is 16.3. The van der Waals surface area contributed by atoms with Gasteiger partial charge in [0.2, 0.25) is 5.52 Å². The van der Waals surface area contributed by atoms with Crippen LogP contribution in [-0.4, -0.2) is 9.38 Å². The van der Waals surface area contributed by atoms with Gasteiger partial charge in [-0.05, 0) is 41.6 Å². The third kappa shape index (κ3) is 1.43. The summed E-state index contributed by atoms with van der Waals surface area (Å²) in [7, 11) is 2.08. The molecule has 7 aromatic rings. The summed E-state index contributed by atoms with van der Waals surface area (Å²) in [5.74, 6) is 0. The number of aromatic nitrogens is 3. The monoisotopic (exact) mass is 362 g/mol. The molecule has 0 spiro atoms. The van der Waals surface area contributed by atoms with Crippen LogP contribution in [0.25, 0.3) is 60.1 Å². The van der Waals surface area contributed by atoms with Gasteiger partial charge in [-0.15, -0.1) is 0 Å². The first-order valence-electron chi connectivity index (χ1n) is 9.46. The molecule has 4 heterocycles. The molecule has 0 aliphatic rings. The molecular formula is C24H16N3O+. The minimum Gasteiger partial charge on any atom is -0.464 e. The highest BCUT2D eigenvalue weighted by molar-refractivity contribution is 6.29. The number of pyridine rings is 1. The quantitative estimate of drug-likeness (QED) is 0.209. The second kappa shape index (κ2) is 4.60. The first-order valence-corrected chi connectivity index (χ1v) is 9.46. The van der Waals surface area contributed by atoms with Gasteiger partial charge in [-0.25, -0.2) is 4.57 Å². The van der Waals surface area contributed by atoms with Crippen LogP contribution in [-0.2, 0) is 7.05 Å². The smallest absolute Gasteiger partial charge is 0.287 e. The van der Waals surface area contributed by atoms with Crippen molar-refractivity contribution in [3.05, 3.63) is 66.7 Å². The normalized spacial score (nSPS) is 12.6. The second-order valence-electron chi connectivity index (χ2n) is 7.62. The molecule has 0 N–H and O–H groups in total. The van der Waals surface area contributed by atoms with Crippen molar-refractivity contribution in [1.29, 1.82) is 0 Å². The van der Waals surface area contributed by atoms with Crippen molar-refractivity contribution in [2.45, 2.75) is 6.92 Å². The lowest BCUT2D eigenvalue weighted by Crippen LogP contribution is -2.30. The molecule has 28 heavy (non-hydrogen) atoms. The molecule has 7 rings (SSSR count). The zero-order chi connectivity index (χ0) is 18.6. The van der Waals surface area contributed by atoms with E-state index in [4.69, 9.17) is 9.40 Å². The standard InChI is InChI=1S/C24H16N3O/c1-13-19-20-14(15-10-11-28-24(13)15)7-5-9-18(20)27-17-8-4-3-6-16(17)21-23(27)22(19)26(2)12-25-21/h3-12H,1-2H3/q+1. The van der Waals surface area contributed by atoms with Gasteiger partial charge < -0.3 is 8.82 Å². The molecule has 0 saturated heterocycles. The number of fused-ring (bicyclic) bond motifs is 7. The van der Waals surface area contributed by atoms with Gasteiger partial charge in [0, 0.05) is 21.7 Å². The van der Waals surface area contributed by atoms with Gasteiger partial charge in [0.1, 0.15) is 11.1 Å². The van der Waals surface area contributed by atoms with Gasteiger partial charge >= 0.3 is 0 Å². The number of rotatable bonds is 0. The molecule has 0 bridgehead atoms. The molecule has 0 amide bonds. The third-order valence-electron chi connectivity index (χ3n) is 6.23. The summed E-state index contributed by atoms with van der Waals surface area (Å²) in [6, 6.07) is 17.2. The van der Waals surface area contributed by atoms with E-state index in [1.165, 1.54) is 54.6 Å². The second-order valence-corrected chi connectivity index (χ2v) is 7.62. The van der Waals surface area contributed by atoms with Gasteiger partial charge in [-0.3, -0.25) is 0 Å². The van der Waals surface area contributed by atoms with E-state index >= 15 is 0 Å². The molecule has 0 atom stereocenters. The number of hydrogen-bond donors (Lipinski definition) is 0. The Balaban J connectivity index is 2.03. The fourth-order valence-corrected chi connectivity index (χ4v) is 5.11. The molecule has 132 valence electrons. The van der Waals surface area contributed by atoms with E-state index < -0.39 is 0 Å². The minimum absolute atomic E-state index is 0.967. The molecule has 4 aromatic heterocycles. The van der Waals surface area contributed by atoms with Crippen molar-refractivity contribution in [2.75, 3.05) is 0 Å². The van der Waals surface area contributed by atoms with Crippen molar-refractivity contribution < 1.29 is 8.98 Å². The Morgan fingerprint density at radius 1 is 0.893 bits per heavy atom. The highest BCUT2D eigenvalue weighted by Gasteiger charge is 2.26. The predicted octanol–water partition coefficient (Wildman–Crippen LogP) is 5.26. The molecule has 0 unspecified atom stereocenters. The Bertz CT molecular complexity index is 1740. The summed E-state index contributed by atoms with van der Waals surface area (Å²) in [6.45, 7) is 2.17. The average Bonchev–Trinajstić information content (AvgIpc) is 3.33. The van der Waals surface area contributed by atoms with Crippen molar-refractivity contribution in [2.24, 2.45) is 7.05 Å². The first kappa shape index (κ1) is 14.4. The van der Waals surface area contributed by atoms with Gasteiger partial charge in [-0.2, -0.15) is 0 Å². The van der Waals surface area contributed by atoms with E-state index in [0.717, 1.165) is 11.1 Å². The van der Waals surface area contributed by atoms with Crippen LogP contribution in [0, 0.1) is 6.92 Å².